The SMILES string of the molecule is CC(C)O[SiH](OC(C)C)OC(C)C.CCO[SiH](OCC)OCC. The van der Waals surface area contributed by atoms with Crippen molar-refractivity contribution in [3.8, 4) is 0 Å². The van der Waals surface area contributed by atoms with Crippen molar-refractivity contribution in [1.82, 2.24) is 0 Å². The van der Waals surface area contributed by atoms with E-state index in [0.717, 1.165) is 0 Å². The predicted octanol–water partition coefficient (Wildman–Crippen LogP) is 2.79. The second kappa shape index (κ2) is 17.0. The van der Waals surface area contributed by atoms with Crippen LogP contribution in [0.3, 0.4) is 0 Å². The fourth-order valence-electron chi connectivity index (χ4n) is 1.32. The molecule has 0 saturated heterocycles. The van der Waals surface area contributed by atoms with Gasteiger partial charge in [0.15, 0.2) is 0 Å². The van der Waals surface area contributed by atoms with Gasteiger partial charge >= 0.3 is 19.1 Å². The van der Waals surface area contributed by atoms with E-state index in [1.54, 1.807) is 0 Å². The van der Waals surface area contributed by atoms with Gasteiger partial charge in [-0.2, -0.15) is 0 Å². The van der Waals surface area contributed by atoms with E-state index in [4.69, 9.17) is 26.6 Å². The zero-order chi connectivity index (χ0) is 18.3. The lowest BCUT2D eigenvalue weighted by Gasteiger charge is -2.22. The van der Waals surface area contributed by atoms with Gasteiger partial charge in [-0.3, -0.25) is 0 Å². The summed E-state index contributed by atoms with van der Waals surface area (Å²) in [5, 5.41) is 0. The molecule has 0 unspecified atom stereocenters. The molecule has 0 amide bonds. The minimum absolute atomic E-state index is 0.175. The molecule has 0 saturated carbocycles. The molecule has 23 heavy (non-hydrogen) atoms. The maximum atomic E-state index is 5.57. The molecular formula is C15H38O6Si2. The molecule has 0 heterocycles. The largest absolute Gasteiger partial charge is 0.484 e. The second-order valence-corrected chi connectivity index (χ2v) is 8.47. The van der Waals surface area contributed by atoms with E-state index >= 15 is 0 Å². The van der Waals surface area contributed by atoms with Crippen molar-refractivity contribution >= 4 is 19.1 Å². The van der Waals surface area contributed by atoms with Crippen LogP contribution in [0.15, 0.2) is 0 Å². The molecule has 0 bridgehead atoms. The molecule has 0 atom stereocenters. The molecule has 0 aromatic rings. The molecule has 0 N–H and O–H groups in total. The zero-order valence-electron chi connectivity index (χ0n) is 16.5. The van der Waals surface area contributed by atoms with Crippen LogP contribution in [-0.4, -0.2) is 57.2 Å². The van der Waals surface area contributed by atoms with Gasteiger partial charge in [-0.1, -0.05) is 0 Å². The Morgan fingerprint density at radius 2 is 0.783 bits per heavy atom. The third-order valence-electron chi connectivity index (χ3n) is 2.06. The van der Waals surface area contributed by atoms with E-state index in [-0.39, 0.29) is 18.3 Å². The van der Waals surface area contributed by atoms with E-state index in [9.17, 15) is 0 Å². The summed E-state index contributed by atoms with van der Waals surface area (Å²) in [7, 11) is -3.64. The van der Waals surface area contributed by atoms with E-state index in [2.05, 4.69) is 0 Å². The first-order chi connectivity index (χ1) is 10.8. The summed E-state index contributed by atoms with van der Waals surface area (Å²) in [6.45, 7) is 19.8. The van der Waals surface area contributed by atoms with Crippen LogP contribution in [0.5, 0.6) is 0 Å². The van der Waals surface area contributed by atoms with E-state index in [0.29, 0.717) is 19.8 Å². The predicted molar refractivity (Wildman–Crippen MR) is 97.8 cm³/mol. The van der Waals surface area contributed by atoms with Gasteiger partial charge in [0.1, 0.15) is 0 Å². The van der Waals surface area contributed by atoms with Crippen molar-refractivity contribution in [2.24, 2.45) is 0 Å². The highest BCUT2D eigenvalue weighted by Gasteiger charge is 2.20. The monoisotopic (exact) mass is 370 g/mol. The zero-order valence-corrected chi connectivity index (χ0v) is 18.8. The van der Waals surface area contributed by atoms with Crippen LogP contribution in [0.25, 0.3) is 0 Å². The highest BCUT2D eigenvalue weighted by molar-refractivity contribution is 6.36. The van der Waals surface area contributed by atoms with Gasteiger partial charge in [-0.05, 0) is 62.3 Å². The minimum Gasteiger partial charge on any atom is -0.376 e. The summed E-state index contributed by atoms with van der Waals surface area (Å²) in [6.07, 6.45) is 0.525. The molecule has 6 nitrogen and oxygen atoms in total. The summed E-state index contributed by atoms with van der Waals surface area (Å²) >= 11 is 0. The molecule has 8 heteroatoms. The van der Waals surface area contributed by atoms with Crippen molar-refractivity contribution in [2.75, 3.05) is 19.8 Å². The number of hydrogen-bond donors (Lipinski definition) is 0. The van der Waals surface area contributed by atoms with Gasteiger partial charge in [-0.15, -0.1) is 0 Å². The summed E-state index contributed by atoms with van der Waals surface area (Å²) in [4.78, 5) is 0. The third kappa shape index (κ3) is 20.1. The van der Waals surface area contributed by atoms with E-state index in [1.165, 1.54) is 0 Å². The maximum absolute atomic E-state index is 5.57. The highest BCUT2D eigenvalue weighted by atomic mass is 28.3. The Balaban J connectivity index is 0. The van der Waals surface area contributed by atoms with Crippen LogP contribution >= 0.6 is 0 Å². The van der Waals surface area contributed by atoms with Gasteiger partial charge in [0.2, 0.25) is 0 Å². The van der Waals surface area contributed by atoms with Crippen LogP contribution < -0.4 is 0 Å². The normalized spacial score (nSPS) is 11.7. The van der Waals surface area contributed by atoms with Gasteiger partial charge in [0.05, 0.1) is 0 Å². The fraction of sp³-hybridized carbons (Fsp3) is 1.00. The van der Waals surface area contributed by atoms with Gasteiger partial charge in [-0.25, -0.2) is 0 Å². The standard InChI is InChI=1S/C9H22O3Si.C6H16O3Si/c1-7(2)10-13(11-8(3)4)12-9(5)6;1-4-7-10(8-5-2)9-6-3/h7-9,13H,1-6H3;10H,4-6H2,1-3H3. The molecular weight excluding hydrogens is 332 g/mol. The van der Waals surface area contributed by atoms with Gasteiger partial charge in [0.25, 0.3) is 0 Å². The van der Waals surface area contributed by atoms with Crippen molar-refractivity contribution in [2.45, 2.75) is 80.6 Å². The first-order valence-electron chi connectivity index (χ1n) is 8.57. The Bertz CT molecular complexity index is 204. The Morgan fingerprint density at radius 3 is 0.957 bits per heavy atom. The van der Waals surface area contributed by atoms with Gasteiger partial charge < -0.3 is 26.6 Å². The molecule has 0 aliphatic rings. The van der Waals surface area contributed by atoms with Crippen molar-refractivity contribution in [1.29, 1.82) is 0 Å². The molecule has 0 fully saturated rings. The summed E-state index contributed by atoms with van der Waals surface area (Å²) in [5.74, 6) is 0. The summed E-state index contributed by atoms with van der Waals surface area (Å²) in [5.41, 5.74) is 0. The molecule has 0 rings (SSSR count). The second-order valence-electron chi connectivity index (χ2n) is 5.50. The highest BCUT2D eigenvalue weighted by Crippen LogP contribution is 2.04. The first-order valence-corrected chi connectivity index (χ1v) is 11.4. The Kier molecular flexibility index (Phi) is 18.8. The molecule has 0 aromatic carbocycles. The molecule has 0 aromatic heterocycles. The number of rotatable bonds is 12. The smallest absolute Gasteiger partial charge is 0.376 e. The lowest BCUT2D eigenvalue weighted by atomic mass is 10.5. The van der Waals surface area contributed by atoms with Crippen LogP contribution in [0, 0.1) is 0 Å². The third-order valence-corrected chi connectivity index (χ3v) is 6.17. The Labute approximate surface area is 146 Å². The molecule has 0 aliphatic heterocycles. The first kappa shape index (κ1) is 25.4. The van der Waals surface area contributed by atoms with Crippen LogP contribution in [0.4, 0.5) is 0 Å². The average molecular weight is 371 g/mol. The van der Waals surface area contributed by atoms with Crippen LogP contribution in [0.1, 0.15) is 62.3 Å². The average Bonchev–Trinajstić information content (AvgIpc) is 2.37. The topological polar surface area (TPSA) is 55.4 Å². The van der Waals surface area contributed by atoms with Crippen molar-refractivity contribution in [3.63, 3.8) is 0 Å². The maximum Gasteiger partial charge on any atom is 0.484 e. The summed E-state index contributed by atoms with van der Waals surface area (Å²) in [6, 6.07) is 0. The minimum atomic E-state index is -1.91. The van der Waals surface area contributed by atoms with Crippen LogP contribution in [-0.2, 0) is 26.6 Å². The van der Waals surface area contributed by atoms with Gasteiger partial charge in [0, 0.05) is 38.1 Å². The van der Waals surface area contributed by atoms with Crippen molar-refractivity contribution in [3.05, 3.63) is 0 Å². The summed E-state index contributed by atoms with van der Waals surface area (Å²) < 4.78 is 32.4. The molecule has 0 spiro atoms. The molecule has 142 valence electrons. The Morgan fingerprint density at radius 1 is 0.522 bits per heavy atom. The van der Waals surface area contributed by atoms with Crippen molar-refractivity contribution < 1.29 is 26.6 Å². The molecule has 0 aliphatic carbocycles. The fourth-order valence-corrected chi connectivity index (χ4v) is 3.95. The lowest BCUT2D eigenvalue weighted by molar-refractivity contribution is 0.0335. The van der Waals surface area contributed by atoms with E-state index in [1.807, 2.05) is 62.3 Å². The quantitative estimate of drug-likeness (QED) is 0.492. The van der Waals surface area contributed by atoms with E-state index < -0.39 is 19.1 Å². The lowest BCUT2D eigenvalue weighted by Crippen LogP contribution is -2.34. The Hall–Kier alpha value is 0.194. The number of hydrogen-bond acceptors (Lipinski definition) is 6. The molecule has 0 radical (unpaired) electrons. The van der Waals surface area contributed by atoms with Crippen LogP contribution in [0.2, 0.25) is 0 Å².